The van der Waals surface area contributed by atoms with E-state index in [2.05, 4.69) is 290 Å². The molecule has 342 valence electrons. The lowest BCUT2D eigenvalue weighted by atomic mass is 9.85. The highest BCUT2D eigenvalue weighted by Gasteiger charge is 2.27. The van der Waals surface area contributed by atoms with Crippen LogP contribution in [0.2, 0.25) is 0 Å². The molecule has 14 rings (SSSR count). The van der Waals surface area contributed by atoms with Gasteiger partial charge in [-0.1, -0.05) is 218 Å². The summed E-state index contributed by atoms with van der Waals surface area (Å²) in [5, 5.41) is 16.8. The molecule has 0 spiro atoms. The van der Waals surface area contributed by atoms with E-state index in [1.807, 2.05) is 0 Å². The number of fused-ring (bicyclic) bond motifs is 7. The molecule has 2 nitrogen and oxygen atoms in total. The van der Waals surface area contributed by atoms with Gasteiger partial charge in [0.05, 0.1) is 17.1 Å². The molecular formula is C71H48N2. The van der Waals surface area contributed by atoms with Crippen molar-refractivity contribution >= 4 is 110 Å². The van der Waals surface area contributed by atoms with Gasteiger partial charge in [-0.05, 0) is 138 Å². The highest BCUT2D eigenvalue weighted by Crippen LogP contribution is 2.53. The van der Waals surface area contributed by atoms with Crippen molar-refractivity contribution in [3.8, 4) is 22.3 Å². The van der Waals surface area contributed by atoms with Crippen molar-refractivity contribution in [2.45, 2.75) is 6.92 Å². The molecular weight excluding hydrogens is 881 g/mol. The predicted octanol–water partition coefficient (Wildman–Crippen LogP) is 20.3. The molecule has 0 aromatic heterocycles. The summed E-state index contributed by atoms with van der Waals surface area (Å²) in [5.74, 6) is 0. The molecule has 0 fully saturated rings. The highest BCUT2D eigenvalue weighted by atomic mass is 15.2. The Balaban J connectivity index is 1.10. The molecule has 0 aliphatic rings. The van der Waals surface area contributed by atoms with Crippen LogP contribution in [0.15, 0.2) is 273 Å². The lowest BCUT2D eigenvalue weighted by Crippen LogP contribution is -2.15. The molecule has 2 heteroatoms. The van der Waals surface area contributed by atoms with E-state index in [1.165, 1.54) is 87.1 Å². The van der Waals surface area contributed by atoms with Gasteiger partial charge in [-0.2, -0.15) is 0 Å². The van der Waals surface area contributed by atoms with Crippen molar-refractivity contribution in [2.75, 3.05) is 9.80 Å². The Kier molecular flexibility index (Phi) is 10.1. The minimum Gasteiger partial charge on any atom is -0.309 e. The molecule has 73 heavy (non-hydrogen) atoms. The lowest BCUT2D eigenvalue weighted by molar-refractivity contribution is 1.30. The van der Waals surface area contributed by atoms with Crippen molar-refractivity contribution in [3.05, 3.63) is 279 Å². The molecule has 0 aliphatic carbocycles. The van der Waals surface area contributed by atoms with Gasteiger partial charge >= 0.3 is 0 Å². The van der Waals surface area contributed by atoms with Crippen LogP contribution in [0, 0.1) is 6.92 Å². The van der Waals surface area contributed by atoms with E-state index < -0.39 is 0 Å². The Labute approximate surface area is 424 Å². The molecule has 14 aromatic rings. The van der Waals surface area contributed by atoms with E-state index in [-0.39, 0.29) is 0 Å². The Morgan fingerprint density at radius 1 is 0.233 bits per heavy atom. The summed E-state index contributed by atoms with van der Waals surface area (Å²) in [6, 6.07) is 101. The van der Waals surface area contributed by atoms with E-state index in [0.29, 0.717) is 0 Å². The summed E-state index contributed by atoms with van der Waals surface area (Å²) in [6.07, 6.45) is 0. The van der Waals surface area contributed by atoms with Crippen molar-refractivity contribution in [1.29, 1.82) is 0 Å². The van der Waals surface area contributed by atoms with Crippen LogP contribution in [0.1, 0.15) is 5.56 Å². The van der Waals surface area contributed by atoms with E-state index in [0.717, 1.165) is 50.3 Å². The number of para-hydroxylation sites is 2. The van der Waals surface area contributed by atoms with Crippen LogP contribution in [-0.4, -0.2) is 0 Å². The van der Waals surface area contributed by atoms with Crippen LogP contribution in [-0.2, 0) is 0 Å². The average Bonchev–Trinajstić information content (AvgIpc) is 3.45. The van der Waals surface area contributed by atoms with Gasteiger partial charge in [0.15, 0.2) is 0 Å². The first kappa shape index (κ1) is 42.4. The first-order valence-electron chi connectivity index (χ1n) is 25.2. The standard InChI is InChI=1S/C71H48N2/c1-47-35-41-64-66(43-47)71(73(56-27-6-3-7-28-56)67-34-18-24-50-21-12-13-29-58(50)67)63-33-17-16-32-62(63)70(64)72(55-25-4-2-5-26-55)57-40-42-61-65(46-57)69(54-39-37-49-20-9-11-23-52(49)45-54)60-31-15-14-30-59(60)68(61)53-38-36-48-19-8-10-22-51(48)44-53/h2-46H,1H3. The number of aryl methyl sites for hydroxylation is 1. The number of rotatable bonds is 8. The van der Waals surface area contributed by atoms with Crippen LogP contribution in [0.3, 0.4) is 0 Å². The fourth-order valence-electron chi connectivity index (χ4n) is 11.7. The predicted molar refractivity (Wildman–Crippen MR) is 314 cm³/mol. The molecule has 0 saturated heterocycles. The Hall–Kier alpha value is -9.50. The molecule has 0 atom stereocenters. The minimum atomic E-state index is 1.08. The molecule has 0 N–H and O–H groups in total. The summed E-state index contributed by atoms with van der Waals surface area (Å²) in [6.45, 7) is 2.22. The van der Waals surface area contributed by atoms with Gasteiger partial charge in [-0.3, -0.25) is 0 Å². The largest absolute Gasteiger partial charge is 0.309 e. The molecule has 0 heterocycles. The minimum absolute atomic E-state index is 1.08. The third kappa shape index (κ3) is 7.10. The zero-order valence-corrected chi connectivity index (χ0v) is 40.4. The van der Waals surface area contributed by atoms with Crippen LogP contribution in [0.4, 0.5) is 34.1 Å². The van der Waals surface area contributed by atoms with Crippen molar-refractivity contribution in [2.24, 2.45) is 0 Å². The van der Waals surface area contributed by atoms with Gasteiger partial charge in [-0.15, -0.1) is 0 Å². The SMILES string of the molecule is Cc1ccc2c(N(c3ccccc3)c3ccc4c(-c5ccc6ccccc6c5)c5ccccc5c(-c5ccc6ccccc6c5)c4c3)c3ccccc3c(N(c3ccccc3)c3cccc4ccccc34)c2c1. The van der Waals surface area contributed by atoms with Gasteiger partial charge in [0.25, 0.3) is 0 Å². The first-order chi connectivity index (χ1) is 36.1. The van der Waals surface area contributed by atoms with E-state index in [1.54, 1.807) is 0 Å². The average molecular weight is 929 g/mol. The van der Waals surface area contributed by atoms with Gasteiger partial charge in [-0.25, -0.2) is 0 Å². The van der Waals surface area contributed by atoms with E-state index >= 15 is 0 Å². The topological polar surface area (TPSA) is 6.48 Å². The Bertz CT molecular complexity index is 4460. The second kappa shape index (κ2) is 17.4. The van der Waals surface area contributed by atoms with Gasteiger partial charge in [0, 0.05) is 44.0 Å². The maximum absolute atomic E-state index is 2.52. The molecule has 0 saturated carbocycles. The summed E-state index contributed by atoms with van der Waals surface area (Å²) >= 11 is 0. The second-order valence-corrected chi connectivity index (χ2v) is 19.3. The summed E-state index contributed by atoms with van der Waals surface area (Å²) in [4.78, 5) is 5.01. The fraction of sp³-hybridized carbons (Fsp3) is 0.0141. The maximum atomic E-state index is 2.52. The summed E-state index contributed by atoms with van der Waals surface area (Å²) in [7, 11) is 0. The molecule has 0 unspecified atom stereocenters. The van der Waals surface area contributed by atoms with Crippen LogP contribution < -0.4 is 9.80 Å². The van der Waals surface area contributed by atoms with Crippen molar-refractivity contribution in [1.82, 2.24) is 0 Å². The van der Waals surface area contributed by atoms with E-state index in [4.69, 9.17) is 0 Å². The Morgan fingerprint density at radius 2 is 0.671 bits per heavy atom. The second-order valence-electron chi connectivity index (χ2n) is 19.3. The molecule has 0 radical (unpaired) electrons. The number of anilines is 6. The number of nitrogens with zero attached hydrogens (tertiary/aromatic N) is 2. The van der Waals surface area contributed by atoms with Crippen LogP contribution in [0.5, 0.6) is 0 Å². The maximum Gasteiger partial charge on any atom is 0.0620 e. The number of hydrogen-bond acceptors (Lipinski definition) is 2. The third-order valence-electron chi connectivity index (χ3n) is 14.9. The van der Waals surface area contributed by atoms with Gasteiger partial charge in [0.1, 0.15) is 0 Å². The summed E-state index contributed by atoms with van der Waals surface area (Å²) in [5.41, 5.74) is 12.7. The molecule has 0 amide bonds. The lowest BCUT2D eigenvalue weighted by Gasteiger charge is -2.33. The Morgan fingerprint density at radius 3 is 1.29 bits per heavy atom. The van der Waals surface area contributed by atoms with E-state index in [9.17, 15) is 0 Å². The zero-order valence-electron chi connectivity index (χ0n) is 40.4. The van der Waals surface area contributed by atoms with Gasteiger partial charge < -0.3 is 9.80 Å². The van der Waals surface area contributed by atoms with Crippen molar-refractivity contribution < 1.29 is 0 Å². The molecule has 14 aromatic carbocycles. The zero-order chi connectivity index (χ0) is 48.4. The van der Waals surface area contributed by atoms with Gasteiger partial charge in [0.2, 0.25) is 0 Å². The van der Waals surface area contributed by atoms with Crippen LogP contribution >= 0.6 is 0 Å². The highest BCUT2D eigenvalue weighted by molar-refractivity contribution is 6.26. The monoisotopic (exact) mass is 928 g/mol. The van der Waals surface area contributed by atoms with Crippen LogP contribution in [0.25, 0.3) is 97.7 Å². The molecule has 0 aliphatic heterocycles. The molecule has 0 bridgehead atoms. The number of hydrogen-bond donors (Lipinski definition) is 0. The first-order valence-corrected chi connectivity index (χ1v) is 25.2. The quantitative estimate of drug-likeness (QED) is 0.111. The van der Waals surface area contributed by atoms with Crippen molar-refractivity contribution in [3.63, 3.8) is 0 Å². The fourth-order valence-corrected chi connectivity index (χ4v) is 11.7. The summed E-state index contributed by atoms with van der Waals surface area (Å²) < 4.78 is 0. The smallest absolute Gasteiger partial charge is 0.0620 e. The normalized spacial score (nSPS) is 11.6. The third-order valence-corrected chi connectivity index (χ3v) is 14.9. The number of benzene rings is 14.